The minimum atomic E-state index is -0.362. The Morgan fingerprint density at radius 3 is 2.52 bits per heavy atom. The fourth-order valence-electron chi connectivity index (χ4n) is 2.33. The van der Waals surface area contributed by atoms with Gasteiger partial charge in [-0.1, -0.05) is 12.1 Å². The molecule has 1 aliphatic heterocycles. The maximum Gasteiger partial charge on any atom is 0.163 e. The molecule has 0 atom stereocenters. The number of aliphatic imine (C=N–C) groups is 2. The molecule has 0 saturated heterocycles. The predicted octanol–water partition coefficient (Wildman–Crippen LogP) is 3.42. The van der Waals surface area contributed by atoms with Crippen molar-refractivity contribution in [2.75, 3.05) is 25.6 Å². The molecule has 1 N–H and O–H groups in total. The highest BCUT2D eigenvalue weighted by molar-refractivity contribution is 6.11. The number of anilines is 1. The van der Waals surface area contributed by atoms with Crippen LogP contribution in [0.25, 0.3) is 0 Å². The molecule has 0 aromatic heterocycles. The van der Waals surface area contributed by atoms with Crippen LogP contribution in [0.15, 0.2) is 46.4 Å². The number of para-hydroxylation sites is 1. The first-order chi connectivity index (χ1) is 11.2. The molecule has 0 amide bonds. The van der Waals surface area contributed by atoms with Crippen molar-refractivity contribution >= 4 is 23.9 Å². The summed E-state index contributed by atoms with van der Waals surface area (Å²) >= 11 is 0. The summed E-state index contributed by atoms with van der Waals surface area (Å²) in [4.78, 5) is 8.22. The van der Waals surface area contributed by atoms with E-state index in [9.17, 15) is 4.39 Å². The maximum absolute atomic E-state index is 13.9. The molecule has 0 radical (unpaired) electrons. The van der Waals surface area contributed by atoms with E-state index in [1.54, 1.807) is 37.4 Å². The maximum atomic E-state index is 13.9. The van der Waals surface area contributed by atoms with Crippen LogP contribution in [0.1, 0.15) is 5.56 Å². The molecule has 1 aliphatic rings. The molecule has 0 fully saturated rings. The van der Waals surface area contributed by atoms with Gasteiger partial charge in [-0.05, 0) is 24.9 Å². The molecule has 3 rings (SSSR count). The van der Waals surface area contributed by atoms with Crippen molar-refractivity contribution in [2.45, 2.75) is 0 Å². The number of rotatable bonds is 3. The van der Waals surface area contributed by atoms with Gasteiger partial charge in [0.05, 0.1) is 11.4 Å². The molecule has 23 heavy (non-hydrogen) atoms. The molecular weight excluding hydrogens is 297 g/mol. The summed E-state index contributed by atoms with van der Waals surface area (Å²) in [7, 11) is 1.62. The van der Waals surface area contributed by atoms with Gasteiger partial charge in [0.25, 0.3) is 0 Å². The molecule has 6 heteroatoms. The Morgan fingerprint density at radius 2 is 1.87 bits per heavy atom. The van der Waals surface area contributed by atoms with Crippen LogP contribution in [0.3, 0.4) is 0 Å². The predicted molar refractivity (Wildman–Crippen MR) is 89.1 cm³/mol. The third-order valence-corrected chi connectivity index (χ3v) is 3.44. The van der Waals surface area contributed by atoms with Crippen LogP contribution in [-0.2, 0) is 0 Å². The first-order valence-corrected chi connectivity index (χ1v) is 7.12. The van der Waals surface area contributed by atoms with Crippen molar-refractivity contribution < 1.29 is 13.9 Å². The summed E-state index contributed by atoms with van der Waals surface area (Å²) in [6.07, 6.45) is 0. The standard InChI is InChI=1S/C17H16FN3O2/c1-19-14-10-16-15(22-7-8-23-16)9-11(14)17(20-2)21-13-6-4-3-5-12(13)18/h3-6,9-10H,1,7-8H2,2H3,(H,20,21). The van der Waals surface area contributed by atoms with Gasteiger partial charge in [0, 0.05) is 18.7 Å². The molecule has 2 aromatic carbocycles. The van der Waals surface area contributed by atoms with Gasteiger partial charge in [-0.2, -0.15) is 0 Å². The van der Waals surface area contributed by atoms with E-state index >= 15 is 0 Å². The zero-order valence-corrected chi connectivity index (χ0v) is 12.7. The van der Waals surface area contributed by atoms with Crippen molar-refractivity contribution in [1.29, 1.82) is 0 Å². The Bertz CT molecular complexity index is 774. The summed E-state index contributed by atoms with van der Waals surface area (Å²) in [5.41, 5.74) is 1.58. The smallest absolute Gasteiger partial charge is 0.163 e. The second kappa shape index (κ2) is 6.48. The lowest BCUT2D eigenvalue weighted by molar-refractivity contribution is 0.171. The number of hydrogen-bond acceptors (Lipinski definition) is 4. The molecule has 0 bridgehead atoms. The zero-order valence-electron chi connectivity index (χ0n) is 12.7. The SMILES string of the molecule is C=Nc1cc2c(cc1/C(=N\C)Nc1ccccc1F)OCCO2. The largest absolute Gasteiger partial charge is 0.486 e. The van der Waals surface area contributed by atoms with Crippen LogP contribution in [0.2, 0.25) is 0 Å². The normalized spacial score (nSPS) is 13.6. The number of fused-ring (bicyclic) bond motifs is 1. The number of nitrogens with one attached hydrogen (secondary N) is 1. The number of amidine groups is 1. The van der Waals surface area contributed by atoms with Crippen molar-refractivity contribution in [3.63, 3.8) is 0 Å². The number of benzene rings is 2. The van der Waals surface area contributed by atoms with Gasteiger partial charge in [0.2, 0.25) is 0 Å². The van der Waals surface area contributed by atoms with Gasteiger partial charge < -0.3 is 14.8 Å². The molecule has 1 heterocycles. The lowest BCUT2D eigenvalue weighted by Gasteiger charge is -2.21. The van der Waals surface area contributed by atoms with E-state index in [2.05, 4.69) is 22.0 Å². The average molecular weight is 313 g/mol. The third kappa shape index (κ3) is 3.01. The van der Waals surface area contributed by atoms with E-state index < -0.39 is 0 Å². The van der Waals surface area contributed by atoms with E-state index in [1.165, 1.54) is 6.07 Å². The summed E-state index contributed by atoms with van der Waals surface area (Å²) in [5, 5.41) is 2.99. The van der Waals surface area contributed by atoms with E-state index in [4.69, 9.17) is 9.47 Å². The van der Waals surface area contributed by atoms with Gasteiger partial charge in [-0.25, -0.2) is 4.39 Å². The van der Waals surface area contributed by atoms with Gasteiger partial charge in [0.1, 0.15) is 24.9 Å². The van der Waals surface area contributed by atoms with Crippen LogP contribution in [0, 0.1) is 5.82 Å². The minimum Gasteiger partial charge on any atom is -0.486 e. The fourth-order valence-corrected chi connectivity index (χ4v) is 2.33. The van der Waals surface area contributed by atoms with E-state index in [-0.39, 0.29) is 5.82 Å². The molecule has 0 unspecified atom stereocenters. The Balaban J connectivity index is 2.01. The second-order valence-electron chi connectivity index (χ2n) is 4.85. The van der Waals surface area contributed by atoms with Crippen LogP contribution in [-0.4, -0.2) is 32.8 Å². The lowest BCUT2D eigenvalue weighted by Crippen LogP contribution is -2.18. The van der Waals surface area contributed by atoms with Crippen molar-refractivity contribution in [3.8, 4) is 11.5 Å². The second-order valence-corrected chi connectivity index (χ2v) is 4.85. The third-order valence-electron chi connectivity index (χ3n) is 3.44. The summed E-state index contributed by atoms with van der Waals surface area (Å²) in [5.74, 6) is 1.33. The molecule has 0 spiro atoms. The highest BCUT2D eigenvalue weighted by Gasteiger charge is 2.18. The highest BCUT2D eigenvalue weighted by atomic mass is 19.1. The zero-order chi connectivity index (χ0) is 16.2. The molecular formula is C17H16FN3O2. The quantitative estimate of drug-likeness (QED) is 0.698. The molecule has 5 nitrogen and oxygen atoms in total. The molecule has 0 saturated carbocycles. The number of ether oxygens (including phenoxy) is 2. The van der Waals surface area contributed by atoms with Gasteiger partial charge >= 0.3 is 0 Å². The Hall–Kier alpha value is -2.89. The summed E-state index contributed by atoms with van der Waals surface area (Å²) in [6, 6.07) is 9.91. The molecule has 118 valence electrons. The number of hydrogen-bond donors (Lipinski definition) is 1. The van der Waals surface area contributed by atoms with Crippen molar-refractivity contribution in [1.82, 2.24) is 0 Å². The van der Waals surface area contributed by atoms with Gasteiger partial charge in [0.15, 0.2) is 11.5 Å². The number of halogens is 1. The van der Waals surface area contributed by atoms with E-state index in [1.807, 2.05) is 0 Å². The van der Waals surface area contributed by atoms with Crippen LogP contribution in [0.5, 0.6) is 11.5 Å². The summed E-state index contributed by atoms with van der Waals surface area (Å²) < 4.78 is 25.0. The Morgan fingerprint density at radius 1 is 1.17 bits per heavy atom. The fraction of sp³-hybridized carbons (Fsp3) is 0.176. The van der Waals surface area contributed by atoms with Crippen molar-refractivity contribution in [2.24, 2.45) is 9.98 Å². The average Bonchev–Trinajstić information content (AvgIpc) is 2.60. The first-order valence-electron chi connectivity index (χ1n) is 7.12. The first kappa shape index (κ1) is 15.0. The van der Waals surface area contributed by atoms with Crippen LogP contribution in [0.4, 0.5) is 15.8 Å². The Labute approximate surface area is 133 Å². The van der Waals surface area contributed by atoms with Crippen LogP contribution >= 0.6 is 0 Å². The van der Waals surface area contributed by atoms with E-state index in [0.29, 0.717) is 47.5 Å². The van der Waals surface area contributed by atoms with E-state index in [0.717, 1.165) is 0 Å². The lowest BCUT2D eigenvalue weighted by atomic mass is 10.1. The Kier molecular flexibility index (Phi) is 4.23. The topological polar surface area (TPSA) is 55.2 Å². The monoisotopic (exact) mass is 313 g/mol. The van der Waals surface area contributed by atoms with Crippen LogP contribution < -0.4 is 14.8 Å². The molecule has 2 aromatic rings. The highest BCUT2D eigenvalue weighted by Crippen LogP contribution is 2.37. The molecule has 0 aliphatic carbocycles. The van der Waals surface area contributed by atoms with Gasteiger partial charge in [-0.15, -0.1) is 0 Å². The van der Waals surface area contributed by atoms with Crippen molar-refractivity contribution in [3.05, 3.63) is 47.8 Å². The summed E-state index contributed by atoms with van der Waals surface area (Å²) in [6.45, 7) is 4.55. The number of nitrogens with zero attached hydrogens (tertiary/aromatic N) is 2. The minimum absolute atomic E-state index is 0.331. The van der Waals surface area contributed by atoms with Gasteiger partial charge in [-0.3, -0.25) is 9.98 Å².